The van der Waals surface area contributed by atoms with Gasteiger partial charge in [0.1, 0.15) is 17.5 Å². The van der Waals surface area contributed by atoms with Gasteiger partial charge in [-0.05, 0) is 25.8 Å². The van der Waals surface area contributed by atoms with Crippen LogP contribution in [-0.4, -0.2) is 64.3 Å². The lowest BCUT2D eigenvalue weighted by Crippen LogP contribution is -2.38. The summed E-state index contributed by atoms with van der Waals surface area (Å²) < 4.78 is 5.51. The van der Waals surface area contributed by atoms with Crippen molar-refractivity contribution in [2.45, 2.75) is 25.7 Å². The van der Waals surface area contributed by atoms with Crippen LogP contribution in [0.3, 0.4) is 0 Å². The van der Waals surface area contributed by atoms with Gasteiger partial charge in [0.15, 0.2) is 0 Å². The number of piperidine rings is 1. The van der Waals surface area contributed by atoms with Crippen molar-refractivity contribution in [1.82, 2.24) is 24.9 Å². The van der Waals surface area contributed by atoms with E-state index in [0.717, 1.165) is 67.6 Å². The molecule has 0 saturated carbocycles. The Morgan fingerprint density at radius 1 is 1.06 bits per heavy atom. The topological polar surface area (TPSA) is 106 Å². The molecule has 2 aliphatic rings. The smallest absolute Gasteiger partial charge is 0.225 e. The molecule has 5 rings (SSSR count). The lowest BCUT2D eigenvalue weighted by atomic mass is 9.90. The number of hydrogen-bond acceptors (Lipinski definition) is 9. The summed E-state index contributed by atoms with van der Waals surface area (Å²) in [6.07, 6.45) is 7.73. The summed E-state index contributed by atoms with van der Waals surface area (Å²) in [5, 5.41) is 0. The molecule has 2 N–H and O–H groups in total. The summed E-state index contributed by atoms with van der Waals surface area (Å²) in [5.41, 5.74) is 9.14. The van der Waals surface area contributed by atoms with Crippen LogP contribution in [0.2, 0.25) is 0 Å². The number of nitrogens with two attached hydrogens (primary N) is 1. The maximum atomic E-state index is 5.99. The van der Waals surface area contributed by atoms with Crippen molar-refractivity contribution < 1.29 is 4.74 Å². The summed E-state index contributed by atoms with van der Waals surface area (Å²) in [6, 6.07) is 5.88. The highest BCUT2D eigenvalue weighted by Crippen LogP contribution is 2.35. The largest absolute Gasteiger partial charge is 0.384 e. The average Bonchev–Trinajstić information content (AvgIpc) is 2.84. The molecule has 166 valence electrons. The number of hydrogen-bond donors (Lipinski definition) is 1. The molecular weight excluding hydrogens is 404 g/mol. The van der Waals surface area contributed by atoms with Crippen molar-refractivity contribution in [3.63, 3.8) is 0 Å². The molecule has 0 spiro atoms. The minimum atomic E-state index is 0.248. The third-order valence-electron chi connectivity index (χ3n) is 6.05. The molecule has 5 heterocycles. The van der Waals surface area contributed by atoms with E-state index in [1.165, 1.54) is 0 Å². The standard InChI is InChI=1S/C23H28N8O/c1-16-27-20(24)12-21(28-16)31-7-3-5-18(15-31)22-19(17-4-2-6-25-13-17)14-26-23(29-22)30-8-10-32-11-9-30/h2,4,6,12-14,18H,3,5,7-11,15H2,1H3,(H2,24,27,28)/t18-/m1/s1. The fourth-order valence-corrected chi connectivity index (χ4v) is 4.50. The zero-order chi connectivity index (χ0) is 21.9. The van der Waals surface area contributed by atoms with Gasteiger partial charge in [-0.15, -0.1) is 0 Å². The molecule has 0 radical (unpaired) electrons. The van der Waals surface area contributed by atoms with Crippen molar-refractivity contribution in [2.75, 3.05) is 54.9 Å². The Balaban J connectivity index is 1.50. The maximum absolute atomic E-state index is 5.99. The van der Waals surface area contributed by atoms with Gasteiger partial charge in [0.2, 0.25) is 5.95 Å². The van der Waals surface area contributed by atoms with Crippen LogP contribution in [0, 0.1) is 6.92 Å². The second-order valence-electron chi connectivity index (χ2n) is 8.29. The Morgan fingerprint density at radius 2 is 1.94 bits per heavy atom. The Morgan fingerprint density at radius 3 is 2.72 bits per heavy atom. The lowest BCUT2D eigenvalue weighted by molar-refractivity contribution is 0.122. The van der Waals surface area contributed by atoms with Gasteiger partial charge in [-0.3, -0.25) is 4.98 Å². The SMILES string of the molecule is Cc1nc(N)cc(N2CCC[C@@H](c3nc(N4CCOCC4)ncc3-c3cccnc3)C2)n1. The molecule has 2 aliphatic heterocycles. The van der Waals surface area contributed by atoms with Crippen molar-refractivity contribution in [3.8, 4) is 11.1 Å². The van der Waals surface area contributed by atoms with Gasteiger partial charge in [-0.1, -0.05) is 6.07 Å². The highest BCUT2D eigenvalue weighted by Gasteiger charge is 2.28. The first-order valence-corrected chi connectivity index (χ1v) is 11.1. The van der Waals surface area contributed by atoms with E-state index in [2.05, 4.69) is 30.8 Å². The Labute approximate surface area is 187 Å². The van der Waals surface area contributed by atoms with Crippen molar-refractivity contribution in [1.29, 1.82) is 0 Å². The number of rotatable bonds is 4. The zero-order valence-electron chi connectivity index (χ0n) is 18.3. The van der Waals surface area contributed by atoms with E-state index in [0.29, 0.717) is 24.9 Å². The first-order valence-electron chi connectivity index (χ1n) is 11.1. The summed E-state index contributed by atoms with van der Waals surface area (Å²) in [4.78, 5) is 27.5. The van der Waals surface area contributed by atoms with E-state index in [1.54, 1.807) is 6.20 Å². The number of aryl methyl sites for hydroxylation is 1. The van der Waals surface area contributed by atoms with Crippen molar-refractivity contribution >= 4 is 17.6 Å². The Bertz CT molecular complexity index is 1050. The van der Waals surface area contributed by atoms with E-state index >= 15 is 0 Å². The highest BCUT2D eigenvalue weighted by molar-refractivity contribution is 5.66. The van der Waals surface area contributed by atoms with Gasteiger partial charge < -0.3 is 20.3 Å². The third kappa shape index (κ3) is 4.34. The minimum absolute atomic E-state index is 0.248. The summed E-state index contributed by atoms with van der Waals surface area (Å²) in [6.45, 7) is 6.66. The molecule has 0 unspecified atom stereocenters. The third-order valence-corrected chi connectivity index (χ3v) is 6.05. The van der Waals surface area contributed by atoms with Gasteiger partial charge in [-0.25, -0.2) is 19.9 Å². The van der Waals surface area contributed by atoms with Crippen LogP contribution in [0.5, 0.6) is 0 Å². The second-order valence-corrected chi connectivity index (χ2v) is 8.29. The molecule has 0 bridgehead atoms. The zero-order valence-corrected chi connectivity index (χ0v) is 18.3. The van der Waals surface area contributed by atoms with Crippen LogP contribution in [-0.2, 0) is 4.74 Å². The predicted molar refractivity (Wildman–Crippen MR) is 124 cm³/mol. The van der Waals surface area contributed by atoms with Gasteiger partial charge in [-0.2, -0.15) is 0 Å². The number of anilines is 3. The number of nitrogens with zero attached hydrogens (tertiary/aromatic N) is 7. The molecule has 0 aliphatic carbocycles. The van der Waals surface area contributed by atoms with Crippen LogP contribution in [0.1, 0.15) is 30.3 Å². The molecule has 2 saturated heterocycles. The minimum Gasteiger partial charge on any atom is -0.384 e. The van der Waals surface area contributed by atoms with E-state index < -0.39 is 0 Å². The van der Waals surface area contributed by atoms with Crippen LogP contribution >= 0.6 is 0 Å². The number of nitrogen functional groups attached to an aromatic ring is 1. The lowest BCUT2D eigenvalue weighted by Gasteiger charge is -2.35. The van der Waals surface area contributed by atoms with Gasteiger partial charge in [0, 0.05) is 67.9 Å². The Kier molecular flexibility index (Phi) is 5.81. The second kappa shape index (κ2) is 9.04. The van der Waals surface area contributed by atoms with Gasteiger partial charge >= 0.3 is 0 Å². The van der Waals surface area contributed by atoms with Crippen LogP contribution in [0.25, 0.3) is 11.1 Å². The number of aromatic nitrogens is 5. The van der Waals surface area contributed by atoms with Crippen LogP contribution in [0.15, 0.2) is 36.8 Å². The molecule has 9 heteroatoms. The maximum Gasteiger partial charge on any atom is 0.225 e. The van der Waals surface area contributed by atoms with Crippen molar-refractivity contribution in [2.24, 2.45) is 0 Å². The number of morpholine rings is 1. The van der Waals surface area contributed by atoms with Gasteiger partial charge in [0.25, 0.3) is 0 Å². The summed E-state index contributed by atoms with van der Waals surface area (Å²) in [5.74, 6) is 3.09. The van der Waals surface area contributed by atoms with Crippen molar-refractivity contribution in [3.05, 3.63) is 48.3 Å². The molecule has 0 amide bonds. The number of ether oxygens (including phenoxy) is 1. The highest BCUT2D eigenvalue weighted by atomic mass is 16.5. The van der Waals surface area contributed by atoms with Gasteiger partial charge in [0.05, 0.1) is 18.9 Å². The molecule has 0 aromatic carbocycles. The first-order chi connectivity index (χ1) is 15.7. The molecule has 1 atom stereocenters. The molecular formula is C23H28N8O. The van der Waals surface area contributed by atoms with E-state index in [1.807, 2.05) is 31.5 Å². The quantitative estimate of drug-likeness (QED) is 0.665. The fourth-order valence-electron chi connectivity index (χ4n) is 4.50. The first kappa shape index (κ1) is 20.6. The molecule has 9 nitrogen and oxygen atoms in total. The normalized spacial score (nSPS) is 19.2. The number of pyridine rings is 1. The summed E-state index contributed by atoms with van der Waals surface area (Å²) in [7, 11) is 0. The predicted octanol–water partition coefficient (Wildman–Crippen LogP) is 2.44. The average molecular weight is 433 g/mol. The molecule has 32 heavy (non-hydrogen) atoms. The molecule has 3 aromatic heterocycles. The molecule has 3 aromatic rings. The Hall–Kier alpha value is -3.33. The van der Waals surface area contributed by atoms with Crippen LogP contribution < -0.4 is 15.5 Å². The van der Waals surface area contributed by atoms with E-state index in [9.17, 15) is 0 Å². The monoisotopic (exact) mass is 432 g/mol. The summed E-state index contributed by atoms with van der Waals surface area (Å²) >= 11 is 0. The fraction of sp³-hybridized carbons (Fsp3) is 0.435. The van der Waals surface area contributed by atoms with Crippen LogP contribution in [0.4, 0.5) is 17.6 Å². The van der Waals surface area contributed by atoms with E-state index in [4.69, 9.17) is 20.4 Å². The van der Waals surface area contributed by atoms with E-state index in [-0.39, 0.29) is 5.92 Å². The molecule has 2 fully saturated rings.